The van der Waals surface area contributed by atoms with Gasteiger partial charge in [0.15, 0.2) is 4.90 Å². The van der Waals surface area contributed by atoms with Crippen molar-refractivity contribution in [1.29, 1.82) is 0 Å². The van der Waals surface area contributed by atoms with Gasteiger partial charge in [-0.15, -0.1) is 0 Å². The van der Waals surface area contributed by atoms with Gasteiger partial charge < -0.3 is 5.73 Å². The van der Waals surface area contributed by atoms with E-state index in [1.54, 1.807) is 19.1 Å². The first-order chi connectivity index (χ1) is 11.8. The lowest BCUT2D eigenvalue weighted by atomic mass is 9.88. The van der Waals surface area contributed by atoms with E-state index in [-0.39, 0.29) is 4.90 Å². The highest BCUT2D eigenvalue weighted by molar-refractivity contribution is 7.89. The molecule has 2 aromatic carbocycles. The van der Waals surface area contributed by atoms with Gasteiger partial charge in [-0.05, 0) is 55.0 Å². The van der Waals surface area contributed by atoms with Crippen LogP contribution >= 0.6 is 0 Å². The van der Waals surface area contributed by atoms with Crippen LogP contribution in [0.25, 0.3) is 0 Å². The topological polar surface area (TPSA) is 115 Å². The lowest BCUT2D eigenvalue weighted by Crippen LogP contribution is -2.32. The maximum atomic E-state index is 12.9. The van der Waals surface area contributed by atoms with Crippen molar-refractivity contribution in [2.24, 2.45) is 0 Å². The molecule has 0 heterocycles. The molecule has 132 valence electrons. The molecule has 0 saturated carbocycles. The third-order valence-electron chi connectivity index (χ3n) is 4.44. The Morgan fingerprint density at radius 3 is 2.76 bits per heavy atom. The molecule has 2 aromatic rings. The number of aryl methyl sites for hydroxylation is 2. The number of nitrogens with one attached hydrogen (secondary N) is 1. The molecule has 1 aliphatic rings. The van der Waals surface area contributed by atoms with E-state index in [0.717, 1.165) is 24.0 Å². The highest BCUT2D eigenvalue weighted by atomic mass is 32.2. The Kier molecular flexibility index (Phi) is 4.49. The molecule has 8 heteroatoms. The Hall–Kier alpha value is -2.45. The van der Waals surface area contributed by atoms with Gasteiger partial charge in [-0.25, -0.2) is 13.1 Å². The average molecular weight is 361 g/mol. The van der Waals surface area contributed by atoms with E-state index >= 15 is 0 Å². The summed E-state index contributed by atoms with van der Waals surface area (Å²) < 4.78 is 28.4. The molecule has 0 bridgehead atoms. The molecule has 25 heavy (non-hydrogen) atoms. The number of anilines is 1. The summed E-state index contributed by atoms with van der Waals surface area (Å²) in [6.45, 7) is 1.55. The minimum atomic E-state index is -4.04. The Morgan fingerprint density at radius 2 is 2.04 bits per heavy atom. The first-order valence-electron chi connectivity index (χ1n) is 7.94. The summed E-state index contributed by atoms with van der Waals surface area (Å²) in [4.78, 5) is 10.3. The molecule has 0 fully saturated rings. The summed E-state index contributed by atoms with van der Waals surface area (Å²) in [5.41, 5.74) is 8.26. The summed E-state index contributed by atoms with van der Waals surface area (Å²) in [5, 5.41) is 11.2. The second-order valence-corrected chi connectivity index (χ2v) is 7.86. The Balaban J connectivity index is 2.01. The molecule has 1 atom stereocenters. The van der Waals surface area contributed by atoms with E-state index in [1.807, 2.05) is 12.1 Å². The fourth-order valence-electron chi connectivity index (χ4n) is 3.33. The third kappa shape index (κ3) is 3.35. The van der Waals surface area contributed by atoms with Gasteiger partial charge in [-0.3, -0.25) is 10.1 Å². The van der Waals surface area contributed by atoms with Crippen molar-refractivity contribution in [2.75, 3.05) is 5.73 Å². The van der Waals surface area contributed by atoms with Crippen LogP contribution in [0.5, 0.6) is 0 Å². The first-order valence-corrected chi connectivity index (χ1v) is 9.42. The first kappa shape index (κ1) is 17.4. The van der Waals surface area contributed by atoms with E-state index in [2.05, 4.69) is 4.72 Å². The lowest BCUT2D eigenvalue weighted by molar-refractivity contribution is -0.387. The zero-order valence-electron chi connectivity index (χ0n) is 13.7. The number of rotatable bonds is 4. The SMILES string of the molecule is Cc1cccc([N+](=O)[O-])c1S(=O)(=O)NC1CCCc2cc(N)ccc21. The molecule has 1 unspecified atom stereocenters. The molecule has 3 N–H and O–H groups in total. The summed E-state index contributed by atoms with van der Waals surface area (Å²) in [6, 6.07) is 9.23. The second-order valence-electron chi connectivity index (χ2n) is 6.20. The van der Waals surface area contributed by atoms with Crippen molar-refractivity contribution in [3.8, 4) is 0 Å². The Labute approximate surface area is 146 Å². The summed E-state index contributed by atoms with van der Waals surface area (Å²) >= 11 is 0. The van der Waals surface area contributed by atoms with Crippen LogP contribution in [0.3, 0.4) is 0 Å². The van der Waals surface area contributed by atoms with Crippen LogP contribution in [0.15, 0.2) is 41.3 Å². The number of nitrogens with two attached hydrogens (primary N) is 1. The zero-order chi connectivity index (χ0) is 18.2. The van der Waals surface area contributed by atoms with E-state index in [1.165, 1.54) is 12.1 Å². The van der Waals surface area contributed by atoms with E-state index < -0.39 is 26.7 Å². The maximum Gasteiger partial charge on any atom is 0.289 e. The van der Waals surface area contributed by atoms with Crippen molar-refractivity contribution in [2.45, 2.75) is 37.1 Å². The fourth-order valence-corrected chi connectivity index (χ4v) is 4.98. The van der Waals surface area contributed by atoms with Crippen LogP contribution in [0.2, 0.25) is 0 Å². The second kappa shape index (κ2) is 6.45. The number of hydrogen-bond donors (Lipinski definition) is 2. The average Bonchev–Trinajstić information content (AvgIpc) is 2.53. The number of benzene rings is 2. The number of fused-ring (bicyclic) bond motifs is 1. The van der Waals surface area contributed by atoms with Crippen molar-refractivity contribution in [1.82, 2.24) is 4.72 Å². The largest absolute Gasteiger partial charge is 0.399 e. The highest BCUT2D eigenvalue weighted by Crippen LogP contribution is 2.34. The molecule has 0 spiro atoms. The fraction of sp³-hybridized carbons (Fsp3) is 0.294. The predicted molar refractivity (Wildman–Crippen MR) is 94.7 cm³/mol. The van der Waals surface area contributed by atoms with Crippen LogP contribution in [0.1, 0.15) is 35.6 Å². The molecule has 3 rings (SSSR count). The summed E-state index contributed by atoms with van der Waals surface area (Å²) in [6.07, 6.45) is 2.29. The maximum absolute atomic E-state index is 12.9. The summed E-state index contributed by atoms with van der Waals surface area (Å²) in [7, 11) is -4.04. The van der Waals surface area contributed by atoms with E-state index in [9.17, 15) is 18.5 Å². The van der Waals surface area contributed by atoms with Gasteiger partial charge in [0.05, 0.1) is 4.92 Å². The molecule has 7 nitrogen and oxygen atoms in total. The highest BCUT2D eigenvalue weighted by Gasteiger charge is 2.31. The lowest BCUT2D eigenvalue weighted by Gasteiger charge is -2.26. The Bertz CT molecular complexity index is 941. The van der Waals surface area contributed by atoms with Gasteiger partial charge in [0.2, 0.25) is 10.0 Å². The summed E-state index contributed by atoms with van der Waals surface area (Å²) in [5.74, 6) is 0. The number of nitrogens with zero attached hydrogens (tertiary/aromatic N) is 1. The third-order valence-corrected chi connectivity index (χ3v) is 6.10. The number of sulfonamides is 1. The minimum Gasteiger partial charge on any atom is -0.399 e. The van der Waals surface area contributed by atoms with Gasteiger partial charge >= 0.3 is 0 Å². The minimum absolute atomic E-state index is 0.275. The van der Waals surface area contributed by atoms with Crippen LogP contribution < -0.4 is 10.5 Å². The van der Waals surface area contributed by atoms with Gasteiger partial charge in [0, 0.05) is 17.8 Å². The number of nitro groups is 1. The molecule has 0 saturated heterocycles. The molecule has 0 aromatic heterocycles. The van der Waals surface area contributed by atoms with Crippen LogP contribution in [0, 0.1) is 17.0 Å². The molecule has 0 radical (unpaired) electrons. The normalized spacial score (nSPS) is 17.1. The van der Waals surface area contributed by atoms with Crippen LogP contribution in [-0.2, 0) is 16.4 Å². The van der Waals surface area contributed by atoms with Crippen molar-refractivity contribution >= 4 is 21.4 Å². The van der Waals surface area contributed by atoms with Crippen molar-refractivity contribution in [3.63, 3.8) is 0 Å². The Morgan fingerprint density at radius 1 is 1.28 bits per heavy atom. The van der Waals surface area contributed by atoms with E-state index in [4.69, 9.17) is 5.73 Å². The predicted octanol–water partition coefficient (Wildman–Crippen LogP) is 2.84. The van der Waals surface area contributed by atoms with Crippen LogP contribution in [0.4, 0.5) is 11.4 Å². The van der Waals surface area contributed by atoms with Gasteiger partial charge in [0.25, 0.3) is 5.69 Å². The molecule has 1 aliphatic carbocycles. The van der Waals surface area contributed by atoms with Gasteiger partial charge in [-0.1, -0.05) is 18.2 Å². The number of hydrogen-bond acceptors (Lipinski definition) is 5. The van der Waals surface area contributed by atoms with Gasteiger partial charge in [0.1, 0.15) is 0 Å². The van der Waals surface area contributed by atoms with Crippen molar-refractivity contribution < 1.29 is 13.3 Å². The number of nitrogen functional groups attached to an aromatic ring is 1. The molecule has 0 amide bonds. The zero-order valence-corrected chi connectivity index (χ0v) is 14.5. The molecule has 0 aliphatic heterocycles. The van der Waals surface area contributed by atoms with Gasteiger partial charge in [-0.2, -0.15) is 0 Å². The van der Waals surface area contributed by atoms with E-state index in [0.29, 0.717) is 17.7 Å². The number of nitro benzene ring substituents is 1. The molecular formula is C17H19N3O4S. The van der Waals surface area contributed by atoms with Crippen LogP contribution in [-0.4, -0.2) is 13.3 Å². The monoisotopic (exact) mass is 361 g/mol. The van der Waals surface area contributed by atoms with Crippen molar-refractivity contribution in [3.05, 3.63) is 63.2 Å². The smallest absolute Gasteiger partial charge is 0.289 e. The standard InChI is InChI=1S/C17H19N3O4S/c1-11-4-2-7-16(20(21)22)17(11)25(23,24)19-15-6-3-5-12-10-13(18)8-9-14(12)15/h2,4,7-10,15,19H,3,5-6,18H2,1H3. The molecular weight excluding hydrogens is 342 g/mol. The quantitative estimate of drug-likeness (QED) is 0.493.